The van der Waals surface area contributed by atoms with Crippen LogP contribution in [-0.2, 0) is 14.3 Å². The standard InChI is InChI=1S/C15H20N4O2.C2HF3O2/c20-14(11-3-1-4-11)18-9-12-13(10-18)21-8-7-19(12)15-16-5-2-6-17-15;3-2(4,5)1(6)7/h2,5-6,11-13H,1,3-4,7-10H2;(H,6,7)/t12-,13+;/m1./s1. The Morgan fingerprint density at radius 1 is 1.18 bits per heavy atom. The summed E-state index contributed by atoms with van der Waals surface area (Å²) in [6, 6.07) is 2.01. The topological polar surface area (TPSA) is 95.9 Å². The number of carboxylic acid groups (broad SMARTS) is 1. The molecule has 4 rings (SSSR count). The van der Waals surface area contributed by atoms with Crippen molar-refractivity contribution in [2.24, 2.45) is 5.92 Å². The zero-order valence-corrected chi connectivity index (χ0v) is 15.0. The second kappa shape index (κ2) is 8.29. The lowest BCUT2D eigenvalue weighted by Gasteiger charge is -2.36. The van der Waals surface area contributed by atoms with Crippen LogP contribution < -0.4 is 4.90 Å². The summed E-state index contributed by atoms with van der Waals surface area (Å²) >= 11 is 0. The summed E-state index contributed by atoms with van der Waals surface area (Å²) in [5.41, 5.74) is 0. The average Bonchev–Trinajstić information content (AvgIpc) is 3.05. The van der Waals surface area contributed by atoms with E-state index >= 15 is 0 Å². The highest BCUT2D eigenvalue weighted by Gasteiger charge is 2.44. The highest BCUT2D eigenvalue weighted by Crippen LogP contribution is 2.32. The second-order valence-electron chi connectivity index (χ2n) is 6.89. The molecule has 8 nitrogen and oxygen atoms in total. The van der Waals surface area contributed by atoms with Gasteiger partial charge in [0, 0.05) is 37.9 Å². The van der Waals surface area contributed by atoms with Gasteiger partial charge in [-0.2, -0.15) is 13.2 Å². The molecule has 28 heavy (non-hydrogen) atoms. The van der Waals surface area contributed by atoms with Gasteiger partial charge in [-0.05, 0) is 18.9 Å². The number of nitrogens with zero attached hydrogens (tertiary/aromatic N) is 4. The first-order valence-electron chi connectivity index (χ1n) is 9.01. The van der Waals surface area contributed by atoms with Gasteiger partial charge in [-0.25, -0.2) is 14.8 Å². The molecular weight excluding hydrogens is 381 g/mol. The smallest absolute Gasteiger partial charge is 0.475 e. The summed E-state index contributed by atoms with van der Waals surface area (Å²) in [6.07, 6.45) is 1.83. The van der Waals surface area contributed by atoms with Crippen molar-refractivity contribution < 1.29 is 32.6 Å². The van der Waals surface area contributed by atoms with Crippen LogP contribution in [0, 0.1) is 5.92 Å². The number of aliphatic carboxylic acids is 1. The largest absolute Gasteiger partial charge is 0.490 e. The second-order valence-corrected chi connectivity index (χ2v) is 6.89. The summed E-state index contributed by atoms with van der Waals surface area (Å²) in [7, 11) is 0. The first kappa shape index (κ1) is 20.3. The van der Waals surface area contributed by atoms with E-state index < -0.39 is 12.1 Å². The molecule has 1 aromatic rings. The monoisotopic (exact) mass is 402 g/mol. The van der Waals surface area contributed by atoms with E-state index in [9.17, 15) is 18.0 Å². The van der Waals surface area contributed by atoms with E-state index in [1.807, 2.05) is 11.0 Å². The number of alkyl halides is 3. The molecule has 1 aromatic heterocycles. The molecule has 2 aliphatic heterocycles. The van der Waals surface area contributed by atoms with Gasteiger partial charge in [0.1, 0.15) is 0 Å². The maximum Gasteiger partial charge on any atom is 0.490 e. The fraction of sp³-hybridized carbons (Fsp3) is 0.647. The predicted octanol–water partition coefficient (Wildman–Crippen LogP) is 1.33. The van der Waals surface area contributed by atoms with E-state index in [2.05, 4.69) is 14.9 Å². The van der Waals surface area contributed by atoms with Crippen LogP contribution in [-0.4, -0.2) is 76.4 Å². The summed E-state index contributed by atoms with van der Waals surface area (Å²) in [5, 5.41) is 7.12. The van der Waals surface area contributed by atoms with Crippen molar-refractivity contribution >= 4 is 17.8 Å². The van der Waals surface area contributed by atoms with Crippen LogP contribution in [0.2, 0.25) is 0 Å². The molecular formula is C17H21F3N4O4. The fourth-order valence-corrected chi connectivity index (χ4v) is 3.47. The number of hydrogen-bond donors (Lipinski definition) is 1. The highest BCUT2D eigenvalue weighted by molar-refractivity contribution is 5.80. The van der Waals surface area contributed by atoms with Gasteiger partial charge in [0.2, 0.25) is 11.9 Å². The Balaban J connectivity index is 0.000000279. The van der Waals surface area contributed by atoms with Crippen LogP contribution in [0.3, 0.4) is 0 Å². The Bertz CT molecular complexity index is 699. The van der Waals surface area contributed by atoms with Crippen LogP contribution in [0.4, 0.5) is 19.1 Å². The van der Waals surface area contributed by atoms with Gasteiger partial charge >= 0.3 is 12.1 Å². The van der Waals surface area contributed by atoms with Gasteiger partial charge in [0.15, 0.2) is 0 Å². The van der Waals surface area contributed by atoms with Crippen molar-refractivity contribution in [3.8, 4) is 0 Å². The Kier molecular flexibility index (Phi) is 6.01. The van der Waals surface area contributed by atoms with Crippen molar-refractivity contribution in [1.82, 2.24) is 14.9 Å². The Hall–Kier alpha value is -2.43. The zero-order chi connectivity index (χ0) is 20.3. The number of carbonyl (C=O) groups excluding carboxylic acids is 1. The maximum atomic E-state index is 12.4. The van der Waals surface area contributed by atoms with Gasteiger partial charge in [-0.15, -0.1) is 0 Å². The molecule has 1 saturated carbocycles. The van der Waals surface area contributed by atoms with Crippen molar-refractivity contribution in [3.05, 3.63) is 18.5 Å². The molecule has 2 saturated heterocycles. The zero-order valence-electron chi connectivity index (χ0n) is 15.0. The third-order valence-corrected chi connectivity index (χ3v) is 5.12. The minimum atomic E-state index is -5.08. The third-order valence-electron chi connectivity index (χ3n) is 5.12. The molecule has 1 amide bonds. The predicted molar refractivity (Wildman–Crippen MR) is 90.5 cm³/mol. The van der Waals surface area contributed by atoms with E-state index in [4.69, 9.17) is 14.6 Å². The molecule has 3 aliphatic rings. The van der Waals surface area contributed by atoms with E-state index in [1.165, 1.54) is 6.42 Å². The molecule has 3 fully saturated rings. The van der Waals surface area contributed by atoms with E-state index in [1.54, 1.807) is 12.4 Å². The molecule has 3 heterocycles. The third kappa shape index (κ3) is 4.51. The van der Waals surface area contributed by atoms with Gasteiger partial charge in [0.25, 0.3) is 0 Å². The first-order chi connectivity index (χ1) is 13.3. The summed E-state index contributed by atoms with van der Waals surface area (Å²) in [6.45, 7) is 2.91. The number of ether oxygens (including phenoxy) is 1. The fourth-order valence-electron chi connectivity index (χ4n) is 3.47. The summed E-state index contributed by atoms with van der Waals surface area (Å²) in [5.74, 6) is -1.44. The lowest BCUT2D eigenvalue weighted by molar-refractivity contribution is -0.192. The lowest BCUT2D eigenvalue weighted by atomic mass is 9.84. The molecule has 11 heteroatoms. The van der Waals surface area contributed by atoms with E-state index in [0.717, 1.165) is 31.9 Å². The molecule has 0 radical (unpaired) electrons. The molecule has 154 valence electrons. The number of hydrogen-bond acceptors (Lipinski definition) is 6. The Morgan fingerprint density at radius 3 is 2.36 bits per heavy atom. The van der Waals surface area contributed by atoms with Crippen LogP contribution in [0.15, 0.2) is 18.5 Å². The molecule has 2 atom stereocenters. The van der Waals surface area contributed by atoms with Crippen LogP contribution in [0.5, 0.6) is 0 Å². The number of likely N-dealkylation sites (tertiary alicyclic amines) is 1. The Labute approximate surface area is 159 Å². The minimum absolute atomic E-state index is 0.0894. The number of fused-ring (bicyclic) bond motifs is 1. The molecule has 0 bridgehead atoms. The van der Waals surface area contributed by atoms with E-state index in [0.29, 0.717) is 19.1 Å². The number of rotatable bonds is 2. The number of carboxylic acids is 1. The first-order valence-corrected chi connectivity index (χ1v) is 9.01. The minimum Gasteiger partial charge on any atom is -0.475 e. The van der Waals surface area contributed by atoms with Crippen molar-refractivity contribution in [1.29, 1.82) is 0 Å². The number of carbonyl (C=O) groups is 2. The number of halogens is 3. The van der Waals surface area contributed by atoms with Crippen molar-refractivity contribution in [2.45, 2.75) is 37.6 Å². The quantitative estimate of drug-likeness (QED) is 0.797. The highest BCUT2D eigenvalue weighted by atomic mass is 19.4. The van der Waals surface area contributed by atoms with Gasteiger partial charge in [-0.1, -0.05) is 6.42 Å². The SMILES string of the molecule is O=C(C1CCC1)N1C[C@@H]2OCCN(c3ncccn3)[C@@H]2C1.O=C(O)C(F)(F)F. The molecule has 1 aliphatic carbocycles. The molecule has 0 spiro atoms. The molecule has 0 unspecified atom stereocenters. The van der Waals surface area contributed by atoms with Gasteiger partial charge < -0.3 is 19.6 Å². The lowest BCUT2D eigenvalue weighted by Crippen LogP contribution is -2.51. The molecule has 0 aromatic carbocycles. The number of amides is 1. The van der Waals surface area contributed by atoms with Crippen molar-refractivity contribution in [3.63, 3.8) is 0 Å². The average molecular weight is 402 g/mol. The summed E-state index contributed by atoms with van der Waals surface area (Å²) < 4.78 is 37.6. The molecule has 1 N–H and O–H groups in total. The normalized spacial score (nSPS) is 24.7. The van der Waals surface area contributed by atoms with E-state index in [-0.39, 0.29) is 18.1 Å². The van der Waals surface area contributed by atoms with Crippen molar-refractivity contribution in [2.75, 3.05) is 31.1 Å². The van der Waals surface area contributed by atoms with Crippen LogP contribution in [0.25, 0.3) is 0 Å². The number of anilines is 1. The van der Waals surface area contributed by atoms with Crippen LogP contribution in [0.1, 0.15) is 19.3 Å². The van der Waals surface area contributed by atoms with Crippen LogP contribution >= 0.6 is 0 Å². The number of aromatic nitrogens is 2. The summed E-state index contributed by atoms with van der Waals surface area (Å²) in [4.78, 5) is 34.2. The number of morpholine rings is 1. The van der Waals surface area contributed by atoms with Gasteiger partial charge in [0.05, 0.1) is 18.8 Å². The van der Waals surface area contributed by atoms with Gasteiger partial charge in [-0.3, -0.25) is 4.79 Å². The Morgan fingerprint density at radius 2 is 1.82 bits per heavy atom. The maximum absolute atomic E-state index is 12.4.